The third kappa shape index (κ3) is 3.32. The van der Waals surface area contributed by atoms with E-state index >= 15 is 0 Å². The first-order valence-electron chi connectivity index (χ1n) is 8.94. The third-order valence-corrected chi connectivity index (χ3v) is 4.30. The summed E-state index contributed by atoms with van der Waals surface area (Å²) in [6.45, 7) is 5.22. The largest absolute Gasteiger partial charge is 0.443 e. The Balaban J connectivity index is 1.98. The fourth-order valence-corrected chi connectivity index (χ4v) is 3.10. The van der Waals surface area contributed by atoms with Crippen molar-refractivity contribution in [2.24, 2.45) is 0 Å². The van der Waals surface area contributed by atoms with Gasteiger partial charge in [-0.05, 0) is 48.9 Å². The monoisotopic (exact) mass is 409 g/mol. The van der Waals surface area contributed by atoms with Crippen molar-refractivity contribution < 1.29 is 18.8 Å². The van der Waals surface area contributed by atoms with E-state index < -0.39 is 28.3 Å². The fraction of sp³-hybridized carbons (Fsp3) is 0.200. The van der Waals surface area contributed by atoms with Crippen LogP contribution in [0.3, 0.4) is 0 Å². The quantitative estimate of drug-likeness (QED) is 0.354. The molecule has 0 aromatic carbocycles. The number of hydrogen-bond acceptors (Lipinski definition) is 7. The molecule has 0 bridgehead atoms. The summed E-state index contributed by atoms with van der Waals surface area (Å²) in [5, 5.41) is 12.3. The van der Waals surface area contributed by atoms with Crippen LogP contribution in [-0.4, -0.2) is 36.1 Å². The van der Waals surface area contributed by atoms with Crippen LogP contribution >= 0.6 is 0 Å². The van der Waals surface area contributed by atoms with Crippen LogP contribution in [0, 0.1) is 15.9 Å². The Bertz CT molecular complexity index is 1330. The molecule has 4 aromatic rings. The van der Waals surface area contributed by atoms with Crippen LogP contribution < -0.4 is 0 Å². The van der Waals surface area contributed by atoms with E-state index in [1.54, 1.807) is 39.1 Å². The highest BCUT2D eigenvalue weighted by molar-refractivity contribution is 6.11. The number of carbonyl (C=O) groups is 1. The molecule has 0 atom stereocenters. The predicted octanol–water partition coefficient (Wildman–Crippen LogP) is 4.48. The Labute approximate surface area is 169 Å². The highest BCUT2D eigenvalue weighted by Crippen LogP contribution is 2.31. The molecule has 0 saturated carbocycles. The van der Waals surface area contributed by atoms with Crippen molar-refractivity contribution in [1.82, 2.24) is 19.5 Å². The normalized spacial score (nSPS) is 11.7. The van der Waals surface area contributed by atoms with E-state index in [4.69, 9.17) is 4.74 Å². The van der Waals surface area contributed by atoms with E-state index in [0.717, 1.165) is 12.3 Å². The number of ether oxygens (including phenoxy) is 1. The number of fused-ring (bicyclic) bond motifs is 3. The summed E-state index contributed by atoms with van der Waals surface area (Å²) >= 11 is 0. The molecule has 152 valence electrons. The highest BCUT2D eigenvalue weighted by atomic mass is 19.1. The lowest BCUT2D eigenvalue weighted by Crippen LogP contribution is -2.27. The molecule has 0 spiro atoms. The molecule has 30 heavy (non-hydrogen) atoms. The van der Waals surface area contributed by atoms with E-state index in [0.29, 0.717) is 16.3 Å². The summed E-state index contributed by atoms with van der Waals surface area (Å²) < 4.78 is 21.2. The second-order valence-electron chi connectivity index (χ2n) is 7.56. The topological polar surface area (TPSA) is 113 Å². The summed E-state index contributed by atoms with van der Waals surface area (Å²) in [6.07, 6.45) is 3.25. The Kier molecular flexibility index (Phi) is 4.41. The maximum absolute atomic E-state index is 14.4. The highest BCUT2D eigenvalue weighted by Gasteiger charge is 2.24. The van der Waals surface area contributed by atoms with Crippen LogP contribution in [-0.2, 0) is 4.74 Å². The van der Waals surface area contributed by atoms with E-state index in [2.05, 4.69) is 15.0 Å². The van der Waals surface area contributed by atoms with Gasteiger partial charge in [-0.15, -0.1) is 0 Å². The molecule has 9 nitrogen and oxygen atoms in total. The van der Waals surface area contributed by atoms with Crippen LogP contribution in [0.15, 0.2) is 42.9 Å². The zero-order valence-corrected chi connectivity index (χ0v) is 16.3. The Morgan fingerprint density at radius 1 is 1.20 bits per heavy atom. The van der Waals surface area contributed by atoms with E-state index in [-0.39, 0.29) is 16.9 Å². The van der Waals surface area contributed by atoms with E-state index in [1.807, 2.05) is 0 Å². The molecule has 4 heterocycles. The van der Waals surface area contributed by atoms with Gasteiger partial charge < -0.3 is 14.9 Å². The van der Waals surface area contributed by atoms with E-state index in [1.165, 1.54) is 16.8 Å². The molecule has 0 aliphatic heterocycles. The van der Waals surface area contributed by atoms with Gasteiger partial charge >= 0.3 is 11.9 Å². The van der Waals surface area contributed by atoms with Gasteiger partial charge in [-0.25, -0.2) is 18.7 Å². The standard InChI is InChI=1S/C20H16FN5O4/c1-20(2,3)30-19(27)25-16-6-7-22-9-13(16)11-4-5-15(24-18(11)25)12-8-17(26(28)29)23-10-14(12)21/h4-10H,1-3H3. The van der Waals surface area contributed by atoms with Crippen molar-refractivity contribution >= 4 is 33.8 Å². The van der Waals surface area contributed by atoms with Crippen molar-refractivity contribution in [3.8, 4) is 11.3 Å². The van der Waals surface area contributed by atoms with Crippen LogP contribution in [0.5, 0.6) is 0 Å². The summed E-state index contributed by atoms with van der Waals surface area (Å²) in [5.74, 6) is -1.28. The summed E-state index contributed by atoms with van der Waals surface area (Å²) in [5.41, 5.74) is 0.0233. The Morgan fingerprint density at radius 2 is 1.97 bits per heavy atom. The lowest BCUT2D eigenvalue weighted by molar-refractivity contribution is -0.389. The summed E-state index contributed by atoms with van der Waals surface area (Å²) in [4.78, 5) is 35.2. The average Bonchev–Trinajstić information content (AvgIpc) is 3.00. The first kappa shape index (κ1) is 19.4. The maximum atomic E-state index is 14.4. The number of halogens is 1. The lowest BCUT2D eigenvalue weighted by atomic mass is 10.1. The van der Waals surface area contributed by atoms with Crippen molar-refractivity contribution in [2.75, 3.05) is 0 Å². The SMILES string of the molecule is CC(C)(C)OC(=O)n1c2ccncc2c2ccc(-c3cc([N+](=O)[O-])ncc3F)nc21. The molecule has 0 radical (unpaired) electrons. The molecule has 0 aliphatic carbocycles. The number of carbonyl (C=O) groups excluding carboxylic acids is 1. The van der Waals surface area contributed by atoms with Gasteiger partial charge in [0.25, 0.3) is 0 Å². The molecule has 0 amide bonds. The number of rotatable bonds is 2. The van der Waals surface area contributed by atoms with Gasteiger partial charge in [-0.3, -0.25) is 4.98 Å². The molecule has 0 aliphatic rings. The van der Waals surface area contributed by atoms with Gasteiger partial charge in [0.05, 0.1) is 11.2 Å². The van der Waals surface area contributed by atoms with Gasteiger partial charge in [-0.1, -0.05) is 0 Å². The number of nitrogens with zero attached hydrogens (tertiary/aromatic N) is 5. The third-order valence-electron chi connectivity index (χ3n) is 4.30. The molecule has 0 fully saturated rings. The molecule has 10 heteroatoms. The fourth-order valence-electron chi connectivity index (χ4n) is 3.10. The van der Waals surface area contributed by atoms with Gasteiger partial charge in [-0.2, -0.15) is 0 Å². The molecule has 0 saturated heterocycles. The molecule has 4 aromatic heterocycles. The minimum absolute atomic E-state index is 0.0993. The van der Waals surface area contributed by atoms with Crippen LogP contribution in [0.25, 0.3) is 33.2 Å². The van der Waals surface area contributed by atoms with Gasteiger partial charge in [0, 0.05) is 34.8 Å². The van der Waals surface area contributed by atoms with Crippen LogP contribution in [0.4, 0.5) is 15.0 Å². The number of nitro groups is 1. The van der Waals surface area contributed by atoms with Gasteiger partial charge in [0.15, 0.2) is 17.7 Å². The zero-order valence-electron chi connectivity index (χ0n) is 16.3. The molecular formula is C20H16FN5O4. The van der Waals surface area contributed by atoms with Crippen LogP contribution in [0.1, 0.15) is 20.8 Å². The molecule has 0 N–H and O–H groups in total. The van der Waals surface area contributed by atoms with Crippen LogP contribution in [0.2, 0.25) is 0 Å². The molecule has 4 rings (SSSR count). The lowest BCUT2D eigenvalue weighted by Gasteiger charge is -2.20. The first-order valence-corrected chi connectivity index (χ1v) is 8.94. The van der Waals surface area contributed by atoms with Gasteiger partial charge in [0.1, 0.15) is 5.60 Å². The average molecular weight is 409 g/mol. The minimum atomic E-state index is -0.769. The smallest absolute Gasteiger partial charge is 0.420 e. The van der Waals surface area contributed by atoms with Crippen molar-refractivity contribution in [2.45, 2.75) is 26.4 Å². The zero-order chi connectivity index (χ0) is 21.6. The maximum Gasteiger partial charge on any atom is 0.420 e. The molecule has 0 unspecified atom stereocenters. The van der Waals surface area contributed by atoms with Crippen molar-refractivity contribution in [1.29, 1.82) is 0 Å². The summed E-state index contributed by atoms with van der Waals surface area (Å²) in [7, 11) is 0. The van der Waals surface area contributed by atoms with Gasteiger partial charge in [0.2, 0.25) is 0 Å². The predicted molar refractivity (Wildman–Crippen MR) is 107 cm³/mol. The Morgan fingerprint density at radius 3 is 2.67 bits per heavy atom. The number of pyridine rings is 3. The first-order chi connectivity index (χ1) is 14.2. The number of aromatic nitrogens is 4. The second-order valence-corrected chi connectivity index (χ2v) is 7.56. The van der Waals surface area contributed by atoms with Crippen molar-refractivity contribution in [3.63, 3.8) is 0 Å². The summed E-state index contributed by atoms with van der Waals surface area (Å²) in [6, 6.07) is 5.84. The van der Waals surface area contributed by atoms with Crippen molar-refractivity contribution in [3.05, 3.63) is 58.8 Å². The second kappa shape index (κ2) is 6.83. The minimum Gasteiger partial charge on any atom is -0.443 e. The molecular weight excluding hydrogens is 393 g/mol. The Hall–Kier alpha value is -3.95. The van der Waals surface area contributed by atoms with E-state index in [9.17, 15) is 19.3 Å². The number of hydrogen-bond donors (Lipinski definition) is 0.